The zero-order chi connectivity index (χ0) is 12.9. The molecule has 1 aromatic carbocycles. The van der Waals surface area contributed by atoms with Crippen LogP contribution in [0.1, 0.15) is 26.3 Å². The van der Waals surface area contributed by atoms with E-state index in [1.54, 1.807) is 10.7 Å². The van der Waals surface area contributed by atoms with E-state index >= 15 is 0 Å². The minimum Gasteiger partial charge on any atom is -0.399 e. The topological polar surface area (TPSA) is 69.6 Å². The molecule has 1 unspecified atom stereocenters. The minimum absolute atomic E-state index is 0.197. The van der Waals surface area contributed by atoms with Gasteiger partial charge in [0.25, 0.3) is 0 Å². The molecule has 3 rings (SSSR count). The van der Waals surface area contributed by atoms with Gasteiger partial charge in [0, 0.05) is 11.3 Å². The Balaban J connectivity index is 2.05. The van der Waals surface area contributed by atoms with Gasteiger partial charge >= 0.3 is 0 Å². The largest absolute Gasteiger partial charge is 0.399 e. The maximum absolute atomic E-state index is 13.4. The van der Waals surface area contributed by atoms with Crippen LogP contribution in [0.15, 0.2) is 18.2 Å². The smallest absolute Gasteiger partial charge is 0.182 e. The van der Waals surface area contributed by atoms with E-state index in [2.05, 4.69) is 29.4 Å². The number of nitrogens with zero attached hydrogens (tertiary/aromatic N) is 4. The second-order valence-electron chi connectivity index (χ2n) is 5.43. The van der Waals surface area contributed by atoms with Crippen molar-refractivity contribution in [3.05, 3.63) is 24.0 Å². The van der Waals surface area contributed by atoms with Crippen LogP contribution in [0.2, 0.25) is 0 Å². The monoisotopic (exact) mass is 247 g/mol. The van der Waals surface area contributed by atoms with Gasteiger partial charge in [-0.1, -0.05) is 13.8 Å². The van der Waals surface area contributed by atoms with E-state index < -0.39 is 0 Å². The van der Waals surface area contributed by atoms with Crippen LogP contribution in [-0.2, 0) is 0 Å². The summed E-state index contributed by atoms with van der Waals surface area (Å²) in [6.07, 6.45) is 1.02. The average molecular weight is 247 g/mol. The molecule has 5 nitrogen and oxygen atoms in total. The lowest BCUT2D eigenvalue weighted by Gasteiger charge is -2.07. The van der Waals surface area contributed by atoms with E-state index in [9.17, 15) is 4.39 Å². The van der Waals surface area contributed by atoms with E-state index in [4.69, 9.17) is 5.73 Å². The van der Waals surface area contributed by atoms with Crippen molar-refractivity contribution in [2.24, 2.45) is 5.41 Å². The van der Waals surface area contributed by atoms with Gasteiger partial charge in [0.05, 0.1) is 6.04 Å². The van der Waals surface area contributed by atoms with Crippen LogP contribution in [-0.4, -0.2) is 20.2 Å². The number of benzene rings is 1. The quantitative estimate of drug-likeness (QED) is 0.824. The Hall–Kier alpha value is -1.98. The molecule has 0 saturated heterocycles. The Morgan fingerprint density at radius 1 is 1.39 bits per heavy atom. The van der Waals surface area contributed by atoms with Gasteiger partial charge in [0.2, 0.25) is 0 Å². The van der Waals surface area contributed by atoms with Crippen LogP contribution in [0.4, 0.5) is 10.1 Å². The first-order valence-corrected chi connectivity index (χ1v) is 5.82. The third kappa shape index (κ3) is 1.73. The third-order valence-corrected chi connectivity index (χ3v) is 3.43. The van der Waals surface area contributed by atoms with Crippen molar-refractivity contribution in [3.63, 3.8) is 0 Å². The van der Waals surface area contributed by atoms with Gasteiger partial charge in [0.15, 0.2) is 5.82 Å². The van der Waals surface area contributed by atoms with E-state index in [0.717, 1.165) is 6.42 Å². The highest BCUT2D eigenvalue weighted by Crippen LogP contribution is 2.55. The lowest BCUT2D eigenvalue weighted by Crippen LogP contribution is -2.05. The fourth-order valence-corrected chi connectivity index (χ4v) is 2.19. The number of tetrazole rings is 1. The number of halogens is 1. The lowest BCUT2D eigenvalue weighted by atomic mass is 10.1. The number of hydrogen-bond acceptors (Lipinski definition) is 4. The summed E-state index contributed by atoms with van der Waals surface area (Å²) in [5.41, 5.74) is 6.82. The first-order valence-electron chi connectivity index (χ1n) is 5.82. The Morgan fingerprint density at radius 3 is 2.72 bits per heavy atom. The highest BCUT2D eigenvalue weighted by molar-refractivity contribution is 5.61. The standard InChI is InChI=1S/C12H14FN5/c1-12(2)6-10(12)18-11(15-16-17-18)7-3-8(13)5-9(14)4-7/h3-5,10H,6,14H2,1-2H3. The number of aromatic nitrogens is 4. The average Bonchev–Trinajstić information content (AvgIpc) is 2.74. The van der Waals surface area contributed by atoms with Crippen molar-refractivity contribution >= 4 is 5.69 Å². The summed E-state index contributed by atoms with van der Waals surface area (Å²) >= 11 is 0. The molecule has 0 bridgehead atoms. The van der Waals surface area contributed by atoms with Crippen molar-refractivity contribution in [1.82, 2.24) is 20.2 Å². The fourth-order valence-electron chi connectivity index (χ4n) is 2.19. The van der Waals surface area contributed by atoms with Gasteiger partial charge in [-0.3, -0.25) is 0 Å². The van der Waals surface area contributed by atoms with Crippen LogP contribution in [0.5, 0.6) is 0 Å². The molecule has 0 amide bonds. The van der Waals surface area contributed by atoms with Gasteiger partial charge in [-0.25, -0.2) is 9.07 Å². The lowest BCUT2D eigenvalue weighted by molar-refractivity contribution is 0.497. The zero-order valence-corrected chi connectivity index (χ0v) is 10.3. The Morgan fingerprint density at radius 2 is 2.11 bits per heavy atom. The molecule has 1 atom stereocenters. The van der Waals surface area contributed by atoms with Crippen LogP contribution >= 0.6 is 0 Å². The molecule has 1 saturated carbocycles. The van der Waals surface area contributed by atoms with Gasteiger partial charge < -0.3 is 5.73 Å². The number of hydrogen-bond donors (Lipinski definition) is 1. The molecule has 1 heterocycles. The number of anilines is 1. The van der Waals surface area contributed by atoms with Crippen molar-refractivity contribution in [2.75, 3.05) is 5.73 Å². The minimum atomic E-state index is -0.380. The second-order valence-corrected chi connectivity index (χ2v) is 5.43. The third-order valence-electron chi connectivity index (χ3n) is 3.43. The van der Waals surface area contributed by atoms with Crippen LogP contribution in [0, 0.1) is 11.2 Å². The van der Waals surface area contributed by atoms with Crippen LogP contribution in [0.3, 0.4) is 0 Å². The number of rotatable bonds is 2. The van der Waals surface area contributed by atoms with E-state index in [0.29, 0.717) is 17.1 Å². The molecule has 2 N–H and O–H groups in total. The van der Waals surface area contributed by atoms with Gasteiger partial charge in [-0.15, -0.1) is 5.10 Å². The Labute approximate surface area is 104 Å². The summed E-state index contributed by atoms with van der Waals surface area (Å²) in [6, 6.07) is 4.62. The van der Waals surface area contributed by atoms with Gasteiger partial charge in [-0.05, 0) is 40.5 Å². The van der Waals surface area contributed by atoms with Crippen molar-refractivity contribution in [1.29, 1.82) is 0 Å². The second kappa shape index (κ2) is 3.51. The number of nitrogens with two attached hydrogens (primary N) is 1. The molecular weight excluding hydrogens is 233 g/mol. The summed E-state index contributed by atoms with van der Waals surface area (Å²) in [4.78, 5) is 0. The normalized spacial score (nSPS) is 20.9. The van der Waals surface area contributed by atoms with Crippen molar-refractivity contribution in [2.45, 2.75) is 26.3 Å². The highest BCUT2D eigenvalue weighted by Gasteiger charge is 2.49. The summed E-state index contributed by atoms with van der Waals surface area (Å²) < 4.78 is 15.1. The zero-order valence-electron chi connectivity index (χ0n) is 10.3. The first-order chi connectivity index (χ1) is 8.47. The molecule has 18 heavy (non-hydrogen) atoms. The molecule has 0 spiro atoms. The SMILES string of the molecule is CC1(C)CC1n1nnnc1-c1cc(N)cc(F)c1. The predicted octanol–water partition coefficient (Wildman–Crippen LogP) is 2.03. The molecular formula is C12H14FN5. The first kappa shape index (κ1) is 11.1. The molecule has 0 aliphatic heterocycles. The molecule has 94 valence electrons. The summed E-state index contributed by atoms with van der Waals surface area (Å²) in [5, 5.41) is 11.7. The molecule has 2 aromatic rings. The molecule has 1 fully saturated rings. The molecule has 1 aliphatic rings. The van der Waals surface area contributed by atoms with Crippen LogP contribution < -0.4 is 5.73 Å². The van der Waals surface area contributed by atoms with Gasteiger partial charge in [-0.2, -0.15) is 0 Å². The maximum atomic E-state index is 13.4. The maximum Gasteiger partial charge on any atom is 0.182 e. The molecule has 0 radical (unpaired) electrons. The van der Waals surface area contributed by atoms with E-state index in [-0.39, 0.29) is 17.3 Å². The summed E-state index contributed by atoms with van der Waals surface area (Å²) in [6.45, 7) is 4.31. The fraction of sp³-hybridized carbons (Fsp3) is 0.417. The summed E-state index contributed by atoms with van der Waals surface area (Å²) in [7, 11) is 0. The summed E-state index contributed by atoms with van der Waals surface area (Å²) in [5.74, 6) is 0.186. The van der Waals surface area contributed by atoms with Crippen LogP contribution in [0.25, 0.3) is 11.4 Å². The molecule has 1 aromatic heterocycles. The highest BCUT2D eigenvalue weighted by atomic mass is 19.1. The molecule has 1 aliphatic carbocycles. The van der Waals surface area contributed by atoms with Crippen molar-refractivity contribution in [3.8, 4) is 11.4 Å². The molecule has 6 heteroatoms. The van der Waals surface area contributed by atoms with Crippen molar-refractivity contribution < 1.29 is 4.39 Å². The Kier molecular flexibility index (Phi) is 2.17. The van der Waals surface area contributed by atoms with E-state index in [1.165, 1.54) is 12.1 Å². The van der Waals surface area contributed by atoms with Gasteiger partial charge in [0.1, 0.15) is 5.82 Å². The number of nitrogen functional groups attached to an aromatic ring is 1. The Bertz CT molecular complexity index is 584. The van der Waals surface area contributed by atoms with E-state index in [1.807, 2.05) is 0 Å². The predicted molar refractivity (Wildman–Crippen MR) is 65.1 cm³/mol.